The van der Waals surface area contributed by atoms with Crippen LogP contribution in [0.1, 0.15) is 10.7 Å². The SMILES string of the molecule is O=C(c1nc(-c2cccnc2)no1)N1CCN(c2ccc(Cl)c(Cl)c2)CC1. The maximum atomic E-state index is 12.6. The summed E-state index contributed by atoms with van der Waals surface area (Å²) >= 11 is 12.1. The van der Waals surface area contributed by atoms with Gasteiger partial charge in [-0.15, -0.1) is 0 Å². The van der Waals surface area contributed by atoms with E-state index in [9.17, 15) is 4.79 Å². The van der Waals surface area contributed by atoms with E-state index in [-0.39, 0.29) is 11.8 Å². The van der Waals surface area contributed by atoms with E-state index < -0.39 is 0 Å². The first-order valence-corrected chi connectivity index (χ1v) is 9.11. The first kappa shape index (κ1) is 17.8. The fourth-order valence-electron chi connectivity index (χ4n) is 2.91. The molecular weight excluding hydrogens is 389 g/mol. The topological polar surface area (TPSA) is 75.4 Å². The molecule has 138 valence electrons. The van der Waals surface area contributed by atoms with Gasteiger partial charge in [-0.1, -0.05) is 28.4 Å². The lowest BCUT2D eigenvalue weighted by atomic mass is 10.2. The van der Waals surface area contributed by atoms with Crippen molar-refractivity contribution in [3.8, 4) is 11.4 Å². The van der Waals surface area contributed by atoms with Crippen LogP contribution in [0.3, 0.4) is 0 Å². The molecule has 0 bridgehead atoms. The van der Waals surface area contributed by atoms with Gasteiger partial charge in [-0.2, -0.15) is 4.98 Å². The molecule has 0 saturated carbocycles. The summed E-state index contributed by atoms with van der Waals surface area (Å²) in [4.78, 5) is 24.7. The van der Waals surface area contributed by atoms with Crippen LogP contribution in [-0.2, 0) is 0 Å². The minimum absolute atomic E-state index is 0.0168. The van der Waals surface area contributed by atoms with Gasteiger partial charge in [-0.25, -0.2) is 0 Å². The number of hydrogen-bond donors (Lipinski definition) is 0. The van der Waals surface area contributed by atoms with E-state index in [1.54, 1.807) is 29.4 Å². The van der Waals surface area contributed by atoms with Crippen LogP contribution in [0.4, 0.5) is 5.69 Å². The molecule has 3 heterocycles. The fraction of sp³-hybridized carbons (Fsp3) is 0.222. The molecule has 0 aliphatic carbocycles. The third-order valence-electron chi connectivity index (χ3n) is 4.36. The number of hydrogen-bond acceptors (Lipinski definition) is 6. The van der Waals surface area contributed by atoms with Crippen molar-refractivity contribution < 1.29 is 9.32 Å². The van der Waals surface area contributed by atoms with Crippen molar-refractivity contribution in [2.24, 2.45) is 0 Å². The molecule has 0 atom stereocenters. The number of anilines is 1. The van der Waals surface area contributed by atoms with Gasteiger partial charge in [0.1, 0.15) is 0 Å². The summed E-state index contributed by atoms with van der Waals surface area (Å²) in [5.74, 6) is 0.0594. The largest absolute Gasteiger partial charge is 0.368 e. The minimum atomic E-state index is -0.272. The zero-order chi connectivity index (χ0) is 18.8. The first-order chi connectivity index (χ1) is 13.1. The molecule has 3 aromatic rings. The number of nitrogens with zero attached hydrogens (tertiary/aromatic N) is 5. The maximum Gasteiger partial charge on any atom is 0.316 e. The molecule has 1 amide bonds. The summed E-state index contributed by atoms with van der Waals surface area (Å²) in [7, 11) is 0. The average molecular weight is 404 g/mol. The number of pyridine rings is 1. The second kappa shape index (κ2) is 7.54. The summed E-state index contributed by atoms with van der Waals surface area (Å²) in [6, 6.07) is 9.11. The first-order valence-electron chi connectivity index (χ1n) is 8.35. The zero-order valence-corrected chi connectivity index (χ0v) is 15.7. The van der Waals surface area contributed by atoms with Crippen LogP contribution in [0.5, 0.6) is 0 Å². The summed E-state index contributed by atoms with van der Waals surface area (Å²) in [6.45, 7) is 2.44. The predicted octanol–water partition coefficient (Wildman–Crippen LogP) is 3.40. The Bertz CT molecular complexity index is 955. The van der Waals surface area contributed by atoms with E-state index >= 15 is 0 Å². The predicted molar refractivity (Wildman–Crippen MR) is 102 cm³/mol. The molecule has 2 aromatic heterocycles. The standard InChI is InChI=1S/C18H15Cl2N5O2/c19-14-4-3-13(10-15(14)20)24-6-8-25(9-7-24)18(26)17-22-16(23-27-17)12-2-1-5-21-11-12/h1-5,10-11H,6-9H2. The quantitative estimate of drug-likeness (QED) is 0.666. The molecule has 27 heavy (non-hydrogen) atoms. The molecule has 1 fully saturated rings. The Hall–Kier alpha value is -2.64. The van der Waals surface area contributed by atoms with E-state index in [1.165, 1.54) is 0 Å². The van der Waals surface area contributed by atoms with Gasteiger partial charge in [0, 0.05) is 49.8 Å². The molecule has 1 aliphatic rings. The maximum absolute atomic E-state index is 12.6. The summed E-state index contributed by atoms with van der Waals surface area (Å²) in [5, 5.41) is 4.91. The van der Waals surface area contributed by atoms with Crippen LogP contribution in [0, 0.1) is 0 Å². The van der Waals surface area contributed by atoms with Gasteiger partial charge in [0.15, 0.2) is 0 Å². The molecule has 1 aromatic carbocycles. The number of rotatable bonds is 3. The number of piperazine rings is 1. The molecule has 1 aliphatic heterocycles. The number of aromatic nitrogens is 3. The Balaban J connectivity index is 1.41. The molecule has 0 N–H and O–H groups in total. The van der Waals surface area contributed by atoms with Crippen molar-refractivity contribution in [3.63, 3.8) is 0 Å². The number of benzene rings is 1. The molecule has 1 saturated heterocycles. The monoisotopic (exact) mass is 403 g/mol. The van der Waals surface area contributed by atoms with Crippen LogP contribution in [0.25, 0.3) is 11.4 Å². The van der Waals surface area contributed by atoms with Gasteiger partial charge in [0.2, 0.25) is 5.82 Å². The van der Waals surface area contributed by atoms with Crippen LogP contribution < -0.4 is 4.90 Å². The molecule has 4 rings (SSSR count). The van der Waals surface area contributed by atoms with Gasteiger partial charge < -0.3 is 14.3 Å². The number of carbonyl (C=O) groups excluding carboxylic acids is 1. The molecule has 7 nitrogen and oxygen atoms in total. The van der Waals surface area contributed by atoms with Crippen LogP contribution in [-0.4, -0.2) is 52.1 Å². The number of amides is 1. The lowest BCUT2D eigenvalue weighted by molar-refractivity contribution is 0.0696. The van der Waals surface area contributed by atoms with E-state index in [2.05, 4.69) is 20.0 Å². The summed E-state index contributed by atoms with van der Waals surface area (Å²) < 4.78 is 5.15. The lowest BCUT2D eigenvalue weighted by Gasteiger charge is -2.35. The van der Waals surface area contributed by atoms with Gasteiger partial charge in [0.25, 0.3) is 0 Å². The van der Waals surface area contributed by atoms with Crippen LogP contribution >= 0.6 is 23.2 Å². The van der Waals surface area contributed by atoms with Crippen molar-refractivity contribution in [2.75, 3.05) is 31.1 Å². The Morgan fingerprint density at radius 3 is 2.59 bits per heavy atom. The minimum Gasteiger partial charge on any atom is -0.368 e. The van der Waals surface area contributed by atoms with E-state index in [4.69, 9.17) is 27.7 Å². The number of carbonyl (C=O) groups is 1. The van der Waals surface area contributed by atoms with Crippen molar-refractivity contribution in [1.29, 1.82) is 0 Å². The summed E-state index contributed by atoms with van der Waals surface area (Å²) in [5.41, 5.74) is 1.68. The highest BCUT2D eigenvalue weighted by Gasteiger charge is 2.26. The molecular formula is C18H15Cl2N5O2. The van der Waals surface area contributed by atoms with Crippen molar-refractivity contribution in [2.45, 2.75) is 0 Å². The highest BCUT2D eigenvalue weighted by Crippen LogP contribution is 2.28. The van der Waals surface area contributed by atoms with Crippen LogP contribution in [0.2, 0.25) is 10.0 Å². The molecule has 0 radical (unpaired) electrons. The third-order valence-corrected chi connectivity index (χ3v) is 5.10. The second-order valence-electron chi connectivity index (χ2n) is 6.04. The van der Waals surface area contributed by atoms with Crippen molar-refractivity contribution in [1.82, 2.24) is 20.0 Å². The Morgan fingerprint density at radius 1 is 1.07 bits per heavy atom. The van der Waals surface area contributed by atoms with Gasteiger partial charge in [-0.05, 0) is 30.3 Å². The number of halogens is 2. The van der Waals surface area contributed by atoms with Crippen molar-refractivity contribution in [3.05, 3.63) is 58.7 Å². The van der Waals surface area contributed by atoms with Gasteiger partial charge in [0.05, 0.1) is 10.0 Å². The van der Waals surface area contributed by atoms with E-state index in [0.29, 0.717) is 47.6 Å². The van der Waals surface area contributed by atoms with E-state index in [0.717, 1.165) is 5.69 Å². The highest BCUT2D eigenvalue weighted by atomic mass is 35.5. The Labute approximate surface area is 165 Å². The smallest absolute Gasteiger partial charge is 0.316 e. The fourth-order valence-corrected chi connectivity index (χ4v) is 3.20. The molecule has 0 spiro atoms. The summed E-state index contributed by atoms with van der Waals surface area (Å²) in [6.07, 6.45) is 3.28. The van der Waals surface area contributed by atoms with Gasteiger partial charge in [-0.3, -0.25) is 9.78 Å². The van der Waals surface area contributed by atoms with Gasteiger partial charge >= 0.3 is 11.8 Å². The highest BCUT2D eigenvalue weighted by molar-refractivity contribution is 6.42. The second-order valence-corrected chi connectivity index (χ2v) is 6.86. The Morgan fingerprint density at radius 2 is 1.89 bits per heavy atom. The zero-order valence-electron chi connectivity index (χ0n) is 14.2. The normalized spacial score (nSPS) is 14.4. The lowest BCUT2D eigenvalue weighted by Crippen LogP contribution is -2.48. The van der Waals surface area contributed by atoms with Crippen LogP contribution in [0.15, 0.2) is 47.2 Å². The van der Waals surface area contributed by atoms with E-state index in [1.807, 2.05) is 18.2 Å². The molecule has 9 heteroatoms. The Kier molecular flexibility index (Phi) is 4.96. The average Bonchev–Trinajstić information content (AvgIpc) is 3.21. The molecule has 0 unspecified atom stereocenters. The third kappa shape index (κ3) is 3.74. The van der Waals surface area contributed by atoms with Crippen molar-refractivity contribution >= 4 is 34.8 Å².